The number of carbonyl (C=O) groups excluding carboxylic acids is 2. The van der Waals surface area contributed by atoms with Gasteiger partial charge in [0.2, 0.25) is 5.76 Å². The fourth-order valence-corrected chi connectivity index (χ4v) is 4.09. The van der Waals surface area contributed by atoms with Crippen molar-refractivity contribution in [2.45, 2.75) is 24.9 Å². The number of imide groups is 1. The van der Waals surface area contributed by atoms with E-state index in [0.29, 0.717) is 30.1 Å². The van der Waals surface area contributed by atoms with Gasteiger partial charge >= 0.3 is 6.03 Å². The third-order valence-corrected chi connectivity index (χ3v) is 5.59. The average Bonchev–Trinajstić information content (AvgIpc) is 3.54. The molecule has 7 heteroatoms. The van der Waals surface area contributed by atoms with E-state index in [1.807, 2.05) is 60.7 Å². The first-order valence-corrected chi connectivity index (χ1v) is 10.3. The minimum Gasteiger partial charge on any atom is -0.461 e. The SMILES string of the molecule is O=C1NC(Cc2ccccc2)(Cc2ccccc2)C(=O)N1Cc1cc(-c2ccco2)on1. The Kier molecular flexibility index (Phi) is 5.07. The predicted octanol–water partition coefficient (Wildman–Crippen LogP) is 4.21. The molecule has 2 aromatic heterocycles. The number of hydrogen-bond donors (Lipinski definition) is 1. The van der Waals surface area contributed by atoms with E-state index in [4.69, 9.17) is 8.94 Å². The van der Waals surface area contributed by atoms with Crippen molar-refractivity contribution in [3.05, 3.63) is 102 Å². The Hall–Kier alpha value is -4.13. The van der Waals surface area contributed by atoms with E-state index in [1.165, 1.54) is 11.2 Å². The third kappa shape index (κ3) is 3.80. The molecule has 3 heterocycles. The summed E-state index contributed by atoms with van der Waals surface area (Å²) >= 11 is 0. The van der Waals surface area contributed by atoms with Crippen LogP contribution in [0.4, 0.5) is 4.79 Å². The lowest BCUT2D eigenvalue weighted by Gasteiger charge is -2.27. The Balaban J connectivity index is 1.43. The second kappa shape index (κ2) is 8.19. The molecular formula is C25H21N3O4. The van der Waals surface area contributed by atoms with Crippen molar-refractivity contribution in [1.29, 1.82) is 0 Å². The van der Waals surface area contributed by atoms with Crippen molar-refractivity contribution < 1.29 is 18.5 Å². The lowest BCUT2D eigenvalue weighted by atomic mass is 9.84. The molecule has 1 fully saturated rings. The highest BCUT2D eigenvalue weighted by Crippen LogP contribution is 2.29. The molecule has 0 radical (unpaired) electrons. The number of carbonyl (C=O) groups is 2. The number of benzene rings is 2. The molecule has 0 saturated carbocycles. The maximum absolute atomic E-state index is 13.7. The molecule has 160 valence electrons. The molecule has 0 aliphatic carbocycles. The summed E-state index contributed by atoms with van der Waals surface area (Å²) in [6.07, 6.45) is 2.32. The molecule has 0 unspecified atom stereocenters. The molecule has 0 atom stereocenters. The number of nitrogens with zero attached hydrogens (tertiary/aromatic N) is 2. The Labute approximate surface area is 184 Å². The van der Waals surface area contributed by atoms with Crippen molar-refractivity contribution in [3.63, 3.8) is 0 Å². The molecular weight excluding hydrogens is 406 g/mol. The van der Waals surface area contributed by atoms with Crippen molar-refractivity contribution in [1.82, 2.24) is 15.4 Å². The van der Waals surface area contributed by atoms with Gasteiger partial charge in [0.1, 0.15) is 11.2 Å². The molecule has 7 nitrogen and oxygen atoms in total. The van der Waals surface area contributed by atoms with Crippen LogP contribution in [0.15, 0.2) is 94.1 Å². The molecule has 1 aliphatic heterocycles. The molecule has 1 aliphatic rings. The van der Waals surface area contributed by atoms with Gasteiger partial charge in [0.25, 0.3) is 5.91 Å². The fraction of sp³-hybridized carbons (Fsp3) is 0.160. The molecule has 32 heavy (non-hydrogen) atoms. The number of nitrogens with one attached hydrogen (secondary N) is 1. The maximum Gasteiger partial charge on any atom is 0.325 e. The van der Waals surface area contributed by atoms with Crippen LogP contribution in [-0.4, -0.2) is 27.5 Å². The number of rotatable bonds is 7. The average molecular weight is 427 g/mol. The van der Waals surface area contributed by atoms with Gasteiger partial charge in [-0.25, -0.2) is 4.79 Å². The first-order chi connectivity index (χ1) is 15.6. The summed E-state index contributed by atoms with van der Waals surface area (Å²) in [6.45, 7) is 0.0141. The van der Waals surface area contributed by atoms with E-state index >= 15 is 0 Å². The van der Waals surface area contributed by atoms with Crippen molar-refractivity contribution >= 4 is 11.9 Å². The molecule has 2 aromatic carbocycles. The largest absolute Gasteiger partial charge is 0.461 e. The third-order valence-electron chi connectivity index (χ3n) is 5.59. The summed E-state index contributed by atoms with van der Waals surface area (Å²) in [4.78, 5) is 27.8. The van der Waals surface area contributed by atoms with Gasteiger partial charge in [-0.2, -0.15) is 0 Å². The topological polar surface area (TPSA) is 88.6 Å². The fourth-order valence-electron chi connectivity index (χ4n) is 4.09. The van der Waals surface area contributed by atoms with Crippen LogP contribution in [0.3, 0.4) is 0 Å². The molecule has 4 aromatic rings. The summed E-state index contributed by atoms with van der Waals surface area (Å²) in [5.41, 5.74) is 1.34. The number of furan rings is 1. The van der Waals surface area contributed by atoms with E-state index in [-0.39, 0.29) is 12.5 Å². The highest BCUT2D eigenvalue weighted by Gasteiger charge is 2.51. The molecule has 0 spiro atoms. The number of hydrogen-bond acceptors (Lipinski definition) is 5. The van der Waals surface area contributed by atoms with Gasteiger partial charge in [-0.1, -0.05) is 65.8 Å². The molecule has 1 saturated heterocycles. The lowest BCUT2D eigenvalue weighted by molar-refractivity contribution is -0.131. The van der Waals surface area contributed by atoms with Crippen LogP contribution in [-0.2, 0) is 24.2 Å². The monoisotopic (exact) mass is 427 g/mol. The van der Waals surface area contributed by atoms with Gasteiger partial charge in [0, 0.05) is 18.9 Å². The Morgan fingerprint density at radius 2 is 1.50 bits per heavy atom. The van der Waals surface area contributed by atoms with Crippen LogP contribution in [0.25, 0.3) is 11.5 Å². The van der Waals surface area contributed by atoms with Gasteiger partial charge < -0.3 is 14.3 Å². The maximum atomic E-state index is 13.7. The van der Waals surface area contributed by atoms with Gasteiger partial charge in [-0.15, -0.1) is 0 Å². The van der Waals surface area contributed by atoms with Gasteiger partial charge in [-0.3, -0.25) is 9.69 Å². The van der Waals surface area contributed by atoms with Crippen molar-refractivity contribution in [3.8, 4) is 11.5 Å². The zero-order valence-corrected chi connectivity index (χ0v) is 17.2. The van der Waals surface area contributed by atoms with Crippen LogP contribution >= 0.6 is 0 Å². The Bertz CT molecular complexity index is 1180. The zero-order chi connectivity index (χ0) is 22.0. The summed E-state index contributed by atoms with van der Waals surface area (Å²) in [7, 11) is 0. The highest BCUT2D eigenvalue weighted by atomic mass is 16.5. The predicted molar refractivity (Wildman–Crippen MR) is 116 cm³/mol. The first kappa shape index (κ1) is 19.8. The zero-order valence-electron chi connectivity index (χ0n) is 17.2. The second-order valence-corrected chi connectivity index (χ2v) is 7.89. The van der Waals surface area contributed by atoms with Crippen LogP contribution in [0.1, 0.15) is 16.8 Å². The second-order valence-electron chi connectivity index (χ2n) is 7.89. The molecule has 5 rings (SSSR count). The molecule has 1 N–H and O–H groups in total. The minimum absolute atomic E-state index is 0.0141. The van der Waals surface area contributed by atoms with Crippen molar-refractivity contribution in [2.24, 2.45) is 0 Å². The van der Waals surface area contributed by atoms with Gasteiger partial charge in [-0.05, 0) is 23.3 Å². The molecule has 0 bridgehead atoms. The quantitative estimate of drug-likeness (QED) is 0.446. The smallest absolute Gasteiger partial charge is 0.325 e. The highest BCUT2D eigenvalue weighted by molar-refractivity contribution is 6.07. The number of aromatic nitrogens is 1. The number of urea groups is 1. The summed E-state index contributed by atoms with van der Waals surface area (Å²) < 4.78 is 10.6. The summed E-state index contributed by atoms with van der Waals surface area (Å²) in [5, 5.41) is 6.99. The van der Waals surface area contributed by atoms with E-state index in [2.05, 4.69) is 10.5 Å². The van der Waals surface area contributed by atoms with Crippen LogP contribution in [0.5, 0.6) is 0 Å². The van der Waals surface area contributed by atoms with Crippen LogP contribution < -0.4 is 5.32 Å². The Morgan fingerprint density at radius 3 is 2.09 bits per heavy atom. The minimum atomic E-state index is -1.08. The van der Waals surface area contributed by atoms with Crippen LogP contribution in [0.2, 0.25) is 0 Å². The number of amides is 3. The molecule has 3 amide bonds. The summed E-state index contributed by atoms with van der Waals surface area (Å²) in [6, 6.07) is 24.1. The van der Waals surface area contributed by atoms with Crippen LogP contribution in [0, 0.1) is 0 Å². The summed E-state index contributed by atoms with van der Waals surface area (Å²) in [5.74, 6) is 0.693. The van der Waals surface area contributed by atoms with Gasteiger partial charge in [0.15, 0.2) is 5.76 Å². The lowest BCUT2D eigenvalue weighted by Crippen LogP contribution is -2.51. The Morgan fingerprint density at radius 1 is 0.844 bits per heavy atom. The van der Waals surface area contributed by atoms with Crippen molar-refractivity contribution in [2.75, 3.05) is 0 Å². The van der Waals surface area contributed by atoms with E-state index < -0.39 is 11.6 Å². The normalized spacial score (nSPS) is 15.2. The first-order valence-electron chi connectivity index (χ1n) is 10.3. The van der Waals surface area contributed by atoms with E-state index in [0.717, 1.165) is 11.1 Å². The van der Waals surface area contributed by atoms with E-state index in [1.54, 1.807) is 18.2 Å². The van der Waals surface area contributed by atoms with Gasteiger partial charge in [0.05, 0.1) is 12.8 Å². The van der Waals surface area contributed by atoms with E-state index in [9.17, 15) is 9.59 Å². The standard InChI is InChI=1S/C25H21N3O4/c29-23-25(15-18-8-3-1-4-9-18,16-19-10-5-2-6-11-19)26-24(30)28(23)17-20-14-22(32-27-20)21-12-7-13-31-21/h1-14H,15-17H2,(H,26,30).